The average Bonchev–Trinajstić information content (AvgIpc) is 2.28. The highest BCUT2D eigenvalue weighted by Gasteiger charge is 2.02. The van der Waals surface area contributed by atoms with E-state index >= 15 is 0 Å². The Morgan fingerprint density at radius 3 is 2.94 bits per heavy atom. The third-order valence-corrected chi connectivity index (χ3v) is 3.03. The molecule has 0 atom stereocenters. The number of hydrogen-bond donors (Lipinski definition) is 2. The lowest BCUT2D eigenvalue weighted by atomic mass is 10.2. The topological polar surface area (TPSA) is 83.0 Å². The van der Waals surface area contributed by atoms with E-state index in [1.165, 1.54) is 24.8 Å². The zero-order valence-electron chi connectivity index (χ0n) is 10.4. The third-order valence-electron chi connectivity index (χ3n) is 2.23. The summed E-state index contributed by atoms with van der Waals surface area (Å²) >= 11 is 1.31. The van der Waals surface area contributed by atoms with E-state index in [2.05, 4.69) is 9.97 Å². The Kier molecular flexibility index (Phi) is 5.64. The molecular formula is C12H16N2O3S. The van der Waals surface area contributed by atoms with Crippen molar-refractivity contribution in [1.82, 2.24) is 9.97 Å². The molecule has 0 radical (unpaired) electrons. The number of thioether (sulfide) groups is 1. The van der Waals surface area contributed by atoms with Crippen LogP contribution in [-0.4, -0.2) is 26.8 Å². The van der Waals surface area contributed by atoms with Crippen molar-refractivity contribution >= 4 is 17.7 Å². The quantitative estimate of drug-likeness (QED) is 0.467. The molecule has 1 aromatic rings. The maximum Gasteiger partial charge on any atom is 0.330 e. The summed E-state index contributed by atoms with van der Waals surface area (Å²) in [4.78, 5) is 28.9. The lowest BCUT2D eigenvalue weighted by Gasteiger charge is -2.01. The van der Waals surface area contributed by atoms with Gasteiger partial charge in [0.15, 0.2) is 5.16 Å². The number of nitrogens with zero attached hydrogens (tertiary/aromatic N) is 1. The Morgan fingerprint density at radius 1 is 1.61 bits per heavy atom. The number of carboxylic acid groups (broad SMARTS) is 1. The van der Waals surface area contributed by atoms with E-state index in [1.807, 2.05) is 6.92 Å². The number of aromatic amines is 1. The van der Waals surface area contributed by atoms with E-state index in [-0.39, 0.29) is 11.1 Å². The van der Waals surface area contributed by atoms with Gasteiger partial charge in [-0.25, -0.2) is 9.78 Å². The molecule has 6 heteroatoms. The van der Waals surface area contributed by atoms with E-state index in [0.717, 1.165) is 18.5 Å². The molecule has 0 bridgehead atoms. The molecule has 0 spiro atoms. The summed E-state index contributed by atoms with van der Waals surface area (Å²) in [5, 5.41) is 9.21. The predicted molar refractivity (Wildman–Crippen MR) is 71.0 cm³/mol. The van der Waals surface area contributed by atoms with E-state index in [4.69, 9.17) is 5.11 Å². The molecule has 98 valence electrons. The second-order valence-electron chi connectivity index (χ2n) is 3.80. The molecule has 1 aromatic heterocycles. The molecule has 1 rings (SSSR count). The van der Waals surface area contributed by atoms with Crippen molar-refractivity contribution in [3.63, 3.8) is 0 Å². The largest absolute Gasteiger partial charge is 0.478 e. The smallest absolute Gasteiger partial charge is 0.330 e. The highest BCUT2D eigenvalue weighted by molar-refractivity contribution is 7.99. The van der Waals surface area contributed by atoms with E-state index in [9.17, 15) is 9.59 Å². The van der Waals surface area contributed by atoms with Crippen LogP contribution >= 0.6 is 11.8 Å². The molecule has 0 aliphatic carbocycles. The van der Waals surface area contributed by atoms with Gasteiger partial charge < -0.3 is 10.1 Å². The van der Waals surface area contributed by atoms with Crippen molar-refractivity contribution in [1.29, 1.82) is 0 Å². The summed E-state index contributed by atoms with van der Waals surface area (Å²) in [5.41, 5.74) is 0.882. The van der Waals surface area contributed by atoms with Gasteiger partial charge in [0, 0.05) is 23.1 Å². The Labute approximate surface area is 109 Å². The highest BCUT2D eigenvalue weighted by Crippen LogP contribution is 2.12. The van der Waals surface area contributed by atoms with Gasteiger partial charge in [-0.05, 0) is 13.3 Å². The first-order valence-corrected chi connectivity index (χ1v) is 6.64. The zero-order chi connectivity index (χ0) is 13.5. The van der Waals surface area contributed by atoms with Gasteiger partial charge in [-0.3, -0.25) is 4.79 Å². The van der Waals surface area contributed by atoms with Crippen LogP contribution in [0.2, 0.25) is 0 Å². The molecule has 0 saturated heterocycles. The van der Waals surface area contributed by atoms with Gasteiger partial charge in [0.2, 0.25) is 0 Å². The second-order valence-corrected chi connectivity index (χ2v) is 4.80. The molecular weight excluding hydrogens is 252 g/mol. The summed E-state index contributed by atoms with van der Waals surface area (Å²) in [5.74, 6) is -0.465. The van der Waals surface area contributed by atoms with Crippen LogP contribution in [0.1, 0.15) is 26.0 Å². The molecule has 18 heavy (non-hydrogen) atoms. The molecule has 5 nitrogen and oxygen atoms in total. The fourth-order valence-electron chi connectivity index (χ4n) is 1.27. The lowest BCUT2D eigenvalue weighted by Crippen LogP contribution is -2.10. The van der Waals surface area contributed by atoms with Crippen molar-refractivity contribution in [2.45, 2.75) is 31.8 Å². The molecule has 0 aliphatic heterocycles. The molecule has 0 aliphatic rings. The molecule has 2 N–H and O–H groups in total. The van der Waals surface area contributed by atoms with Gasteiger partial charge in [0.1, 0.15) is 0 Å². The van der Waals surface area contributed by atoms with Crippen LogP contribution in [0, 0.1) is 0 Å². The molecule has 0 aromatic carbocycles. The third kappa shape index (κ3) is 4.75. The van der Waals surface area contributed by atoms with Crippen LogP contribution in [0.15, 0.2) is 27.7 Å². The maximum absolute atomic E-state index is 11.4. The number of hydrogen-bond acceptors (Lipinski definition) is 4. The van der Waals surface area contributed by atoms with Crippen molar-refractivity contribution in [2.75, 3.05) is 5.75 Å². The normalized spacial score (nSPS) is 11.6. The summed E-state index contributed by atoms with van der Waals surface area (Å²) in [7, 11) is 0. The molecule has 0 fully saturated rings. The number of aryl methyl sites for hydroxylation is 1. The van der Waals surface area contributed by atoms with E-state index in [1.54, 1.807) is 6.08 Å². The second kappa shape index (κ2) is 7.00. The number of H-pyrrole nitrogens is 1. The Bertz CT molecular complexity index is 508. The molecule has 0 saturated carbocycles. The number of rotatable bonds is 6. The fourth-order valence-corrected chi connectivity index (χ4v) is 2.11. The van der Waals surface area contributed by atoms with Crippen molar-refractivity contribution in [2.24, 2.45) is 0 Å². The number of carboxylic acids is 1. The minimum Gasteiger partial charge on any atom is -0.478 e. The predicted octanol–water partition coefficient (Wildman–Crippen LogP) is 1.85. The highest BCUT2D eigenvalue weighted by atomic mass is 32.2. The number of carbonyl (C=O) groups is 1. The summed E-state index contributed by atoms with van der Waals surface area (Å²) < 4.78 is 0. The van der Waals surface area contributed by atoms with Gasteiger partial charge in [-0.1, -0.05) is 31.2 Å². The summed E-state index contributed by atoms with van der Waals surface area (Å²) in [6.45, 7) is 3.56. The van der Waals surface area contributed by atoms with Crippen molar-refractivity contribution in [3.05, 3.63) is 33.8 Å². The Morgan fingerprint density at radius 2 is 2.33 bits per heavy atom. The minimum absolute atomic E-state index is 0.171. The van der Waals surface area contributed by atoms with Crippen molar-refractivity contribution in [3.8, 4) is 0 Å². The maximum atomic E-state index is 11.4. The van der Waals surface area contributed by atoms with Gasteiger partial charge in [0.25, 0.3) is 5.56 Å². The van der Waals surface area contributed by atoms with Crippen LogP contribution < -0.4 is 5.56 Å². The Balaban J connectivity index is 2.70. The SMILES string of the molecule is CCCc1cc(=O)[nH]c(SCC=C(C)C(=O)O)n1. The first kappa shape index (κ1) is 14.5. The van der Waals surface area contributed by atoms with Crippen LogP contribution in [0.4, 0.5) is 0 Å². The number of nitrogens with one attached hydrogen (secondary N) is 1. The first-order chi connectivity index (χ1) is 8.52. The van der Waals surface area contributed by atoms with Gasteiger partial charge in [0.05, 0.1) is 0 Å². The summed E-state index contributed by atoms with van der Waals surface area (Å²) in [6.07, 6.45) is 3.29. The monoisotopic (exact) mass is 268 g/mol. The standard InChI is InChI=1S/C12H16N2O3S/c1-3-4-9-7-10(15)14-12(13-9)18-6-5-8(2)11(16)17/h5,7H,3-4,6H2,1-2H3,(H,16,17)(H,13,14,15). The van der Waals surface area contributed by atoms with Gasteiger partial charge in [-0.2, -0.15) is 0 Å². The molecule has 0 unspecified atom stereocenters. The van der Waals surface area contributed by atoms with Crippen LogP contribution in [0.25, 0.3) is 0 Å². The van der Waals surface area contributed by atoms with Crippen LogP contribution in [-0.2, 0) is 11.2 Å². The Hall–Kier alpha value is -1.56. The molecule has 0 amide bonds. The number of aromatic nitrogens is 2. The zero-order valence-corrected chi connectivity index (χ0v) is 11.2. The van der Waals surface area contributed by atoms with E-state index < -0.39 is 5.97 Å². The van der Waals surface area contributed by atoms with Crippen molar-refractivity contribution < 1.29 is 9.90 Å². The molecule has 1 heterocycles. The fraction of sp³-hybridized carbons (Fsp3) is 0.417. The lowest BCUT2D eigenvalue weighted by molar-refractivity contribution is -0.132. The first-order valence-electron chi connectivity index (χ1n) is 5.66. The van der Waals surface area contributed by atoms with Gasteiger partial charge >= 0.3 is 5.97 Å². The number of aliphatic carboxylic acids is 1. The minimum atomic E-state index is -0.934. The van der Waals surface area contributed by atoms with Crippen LogP contribution in [0.3, 0.4) is 0 Å². The average molecular weight is 268 g/mol. The summed E-state index contributed by atoms with van der Waals surface area (Å²) in [6, 6.07) is 1.49. The van der Waals surface area contributed by atoms with Gasteiger partial charge in [-0.15, -0.1) is 0 Å². The van der Waals surface area contributed by atoms with E-state index in [0.29, 0.717) is 10.9 Å². The van der Waals surface area contributed by atoms with Crippen LogP contribution in [0.5, 0.6) is 0 Å².